The van der Waals surface area contributed by atoms with Crippen LogP contribution in [-0.2, 0) is 13.0 Å². The van der Waals surface area contributed by atoms with E-state index >= 15 is 0 Å². The number of nitrogens with zero attached hydrogens (tertiary/aromatic N) is 1. The molecule has 1 aliphatic carbocycles. The van der Waals surface area contributed by atoms with Crippen LogP contribution in [0.25, 0.3) is 0 Å². The first-order valence-corrected chi connectivity index (χ1v) is 9.83. The number of thiophene rings is 1. The topological polar surface area (TPSA) is 15.3 Å². The summed E-state index contributed by atoms with van der Waals surface area (Å²) in [5.41, 5.74) is 5.22. The van der Waals surface area contributed by atoms with E-state index in [9.17, 15) is 0 Å². The van der Waals surface area contributed by atoms with Gasteiger partial charge in [-0.05, 0) is 65.7 Å². The summed E-state index contributed by atoms with van der Waals surface area (Å²) in [6, 6.07) is 19.5. The molecule has 25 heavy (non-hydrogen) atoms. The molecule has 1 aliphatic rings. The fraction of sp³-hybridized carbons (Fsp3) is 0.238. The third kappa shape index (κ3) is 3.68. The summed E-state index contributed by atoms with van der Waals surface area (Å²) in [7, 11) is 2.16. The molecular formula is C21H21ClN2S. The van der Waals surface area contributed by atoms with Crippen LogP contribution < -0.4 is 10.2 Å². The molecule has 1 unspecified atom stereocenters. The Morgan fingerprint density at radius 1 is 1.16 bits per heavy atom. The van der Waals surface area contributed by atoms with E-state index < -0.39 is 0 Å². The number of anilines is 2. The van der Waals surface area contributed by atoms with Crippen LogP contribution >= 0.6 is 22.9 Å². The van der Waals surface area contributed by atoms with Gasteiger partial charge in [-0.1, -0.05) is 29.8 Å². The largest absolute Gasteiger partial charge is 0.378 e. The number of aryl methyl sites for hydroxylation is 1. The van der Waals surface area contributed by atoms with Gasteiger partial charge in [0, 0.05) is 28.3 Å². The first kappa shape index (κ1) is 16.5. The van der Waals surface area contributed by atoms with E-state index in [1.54, 1.807) is 0 Å². The lowest BCUT2D eigenvalue weighted by molar-refractivity contribution is 0.761. The van der Waals surface area contributed by atoms with Gasteiger partial charge in [-0.15, -0.1) is 11.3 Å². The second-order valence-electron chi connectivity index (χ2n) is 6.56. The average Bonchev–Trinajstić information content (AvgIpc) is 3.25. The highest BCUT2D eigenvalue weighted by atomic mass is 35.5. The van der Waals surface area contributed by atoms with Gasteiger partial charge in [-0.3, -0.25) is 0 Å². The first-order chi connectivity index (χ1) is 12.2. The molecule has 3 aromatic rings. The van der Waals surface area contributed by atoms with Crippen molar-refractivity contribution in [2.45, 2.75) is 25.4 Å². The van der Waals surface area contributed by atoms with Gasteiger partial charge in [-0.2, -0.15) is 0 Å². The van der Waals surface area contributed by atoms with Crippen molar-refractivity contribution in [3.8, 4) is 0 Å². The third-order valence-corrected chi connectivity index (χ3v) is 5.88. The quantitative estimate of drug-likeness (QED) is 0.582. The number of benzene rings is 2. The standard InChI is InChI=1S/C21H21ClN2S/c1-24(14-19-6-3-11-25-19)18-9-7-15-8-10-21(20(15)13-18)23-17-5-2-4-16(22)12-17/h2-7,9,11-13,21,23H,8,10,14H2,1H3. The summed E-state index contributed by atoms with van der Waals surface area (Å²) < 4.78 is 0. The maximum absolute atomic E-state index is 6.12. The minimum Gasteiger partial charge on any atom is -0.378 e. The maximum Gasteiger partial charge on any atom is 0.0520 e. The highest BCUT2D eigenvalue weighted by Gasteiger charge is 2.23. The van der Waals surface area contributed by atoms with Gasteiger partial charge in [-0.25, -0.2) is 0 Å². The molecule has 0 saturated heterocycles. The molecule has 0 fully saturated rings. The molecule has 4 heteroatoms. The number of halogens is 1. The lowest BCUT2D eigenvalue weighted by Gasteiger charge is -2.21. The Morgan fingerprint density at radius 2 is 2.08 bits per heavy atom. The summed E-state index contributed by atoms with van der Waals surface area (Å²) in [4.78, 5) is 3.71. The fourth-order valence-electron chi connectivity index (χ4n) is 3.48. The molecule has 1 N–H and O–H groups in total. The van der Waals surface area contributed by atoms with Crippen molar-refractivity contribution < 1.29 is 0 Å². The van der Waals surface area contributed by atoms with Crippen molar-refractivity contribution in [1.29, 1.82) is 0 Å². The van der Waals surface area contributed by atoms with Crippen molar-refractivity contribution in [1.82, 2.24) is 0 Å². The lowest BCUT2D eigenvalue weighted by atomic mass is 10.1. The normalized spacial score (nSPS) is 15.8. The zero-order valence-corrected chi connectivity index (χ0v) is 15.8. The van der Waals surface area contributed by atoms with E-state index in [2.05, 4.69) is 59.0 Å². The van der Waals surface area contributed by atoms with Gasteiger partial charge >= 0.3 is 0 Å². The highest BCUT2D eigenvalue weighted by Crippen LogP contribution is 2.36. The monoisotopic (exact) mass is 368 g/mol. The number of nitrogens with one attached hydrogen (secondary N) is 1. The van der Waals surface area contributed by atoms with Gasteiger partial charge in [0.15, 0.2) is 0 Å². The maximum atomic E-state index is 6.12. The Hall–Kier alpha value is -1.97. The Kier molecular flexibility index (Phi) is 4.69. The van der Waals surface area contributed by atoms with E-state index in [0.717, 1.165) is 30.1 Å². The molecule has 0 bridgehead atoms. The number of fused-ring (bicyclic) bond motifs is 1. The van der Waals surface area contributed by atoms with Crippen molar-refractivity contribution >= 4 is 34.3 Å². The zero-order chi connectivity index (χ0) is 17.2. The Labute approximate surface area is 158 Å². The molecule has 0 spiro atoms. The number of hydrogen-bond acceptors (Lipinski definition) is 3. The van der Waals surface area contributed by atoms with Gasteiger partial charge in [0.1, 0.15) is 0 Å². The average molecular weight is 369 g/mol. The van der Waals surface area contributed by atoms with Crippen molar-refractivity contribution in [3.05, 3.63) is 81.0 Å². The molecule has 0 radical (unpaired) electrons. The van der Waals surface area contributed by atoms with Crippen LogP contribution in [0.4, 0.5) is 11.4 Å². The molecule has 1 aromatic heterocycles. The van der Waals surface area contributed by atoms with Crippen molar-refractivity contribution in [2.75, 3.05) is 17.3 Å². The van der Waals surface area contributed by atoms with E-state index in [1.807, 2.05) is 29.5 Å². The van der Waals surface area contributed by atoms with E-state index in [4.69, 9.17) is 11.6 Å². The van der Waals surface area contributed by atoms with Crippen LogP contribution in [0, 0.1) is 0 Å². The number of hydrogen-bond donors (Lipinski definition) is 1. The summed E-state index contributed by atoms with van der Waals surface area (Å²) in [6.45, 7) is 0.947. The fourth-order valence-corrected chi connectivity index (χ4v) is 4.43. The van der Waals surface area contributed by atoms with Crippen LogP contribution in [0.2, 0.25) is 5.02 Å². The zero-order valence-electron chi connectivity index (χ0n) is 14.2. The second kappa shape index (κ2) is 7.11. The molecule has 2 aromatic carbocycles. The van der Waals surface area contributed by atoms with Crippen molar-refractivity contribution in [2.24, 2.45) is 0 Å². The van der Waals surface area contributed by atoms with Crippen LogP contribution in [-0.4, -0.2) is 7.05 Å². The summed E-state index contributed by atoms with van der Waals surface area (Å²) in [6.07, 6.45) is 2.25. The molecule has 128 valence electrons. The summed E-state index contributed by atoms with van der Waals surface area (Å²) in [5, 5.41) is 6.56. The molecule has 1 atom stereocenters. The third-order valence-electron chi connectivity index (χ3n) is 4.79. The second-order valence-corrected chi connectivity index (χ2v) is 8.03. The van der Waals surface area contributed by atoms with Gasteiger partial charge in [0.05, 0.1) is 12.6 Å². The van der Waals surface area contributed by atoms with Gasteiger partial charge < -0.3 is 10.2 Å². The minimum absolute atomic E-state index is 0.351. The smallest absolute Gasteiger partial charge is 0.0520 e. The molecule has 4 rings (SSSR count). The van der Waals surface area contributed by atoms with Gasteiger partial charge in [0.25, 0.3) is 0 Å². The summed E-state index contributed by atoms with van der Waals surface area (Å²) in [5.74, 6) is 0. The molecule has 0 aliphatic heterocycles. The van der Waals surface area contributed by atoms with Crippen LogP contribution in [0.15, 0.2) is 60.0 Å². The molecule has 0 amide bonds. The molecule has 0 saturated carbocycles. The Bertz CT molecular complexity index is 860. The van der Waals surface area contributed by atoms with Gasteiger partial charge in [0.2, 0.25) is 0 Å². The molecule has 2 nitrogen and oxygen atoms in total. The van der Waals surface area contributed by atoms with Crippen LogP contribution in [0.3, 0.4) is 0 Å². The van der Waals surface area contributed by atoms with Crippen molar-refractivity contribution in [3.63, 3.8) is 0 Å². The summed E-state index contributed by atoms with van der Waals surface area (Å²) >= 11 is 7.93. The van der Waals surface area contributed by atoms with Crippen LogP contribution in [0.1, 0.15) is 28.5 Å². The lowest BCUT2D eigenvalue weighted by Crippen LogP contribution is -2.16. The number of rotatable bonds is 5. The Morgan fingerprint density at radius 3 is 2.88 bits per heavy atom. The predicted octanol–water partition coefficient (Wildman–Crippen LogP) is 6.14. The predicted molar refractivity (Wildman–Crippen MR) is 109 cm³/mol. The molecule has 1 heterocycles. The Balaban J connectivity index is 1.54. The van der Waals surface area contributed by atoms with E-state index in [1.165, 1.54) is 21.7 Å². The SMILES string of the molecule is CN(Cc1cccs1)c1ccc2c(c1)C(Nc1cccc(Cl)c1)CC2. The molecular weight excluding hydrogens is 348 g/mol. The van der Waals surface area contributed by atoms with E-state index in [-0.39, 0.29) is 0 Å². The highest BCUT2D eigenvalue weighted by molar-refractivity contribution is 7.09. The minimum atomic E-state index is 0.351. The van der Waals surface area contributed by atoms with E-state index in [0.29, 0.717) is 6.04 Å². The van der Waals surface area contributed by atoms with Crippen LogP contribution in [0.5, 0.6) is 0 Å². The first-order valence-electron chi connectivity index (χ1n) is 8.57.